The van der Waals surface area contributed by atoms with Crippen LogP contribution >= 0.6 is 34.2 Å². The number of nitrogens with zero attached hydrogens (tertiary/aromatic N) is 2. The lowest BCUT2D eigenvalue weighted by atomic mass is 10.2. The van der Waals surface area contributed by atoms with Gasteiger partial charge in [-0.3, -0.25) is 10.8 Å². The third-order valence-electron chi connectivity index (χ3n) is 2.10. The Kier molecular flexibility index (Phi) is 5.72. The van der Waals surface area contributed by atoms with Gasteiger partial charge in [-0.1, -0.05) is 11.6 Å². The Bertz CT molecular complexity index is 638. The maximum absolute atomic E-state index is 11.7. The Balaban J connectivity index is 3.28. The Hall–Kier alpha value is -1.86. The van der Waals surface area contributed by atoms with E-state index in [9.17, 15) is 4.79 Å². The van der Waals surface area contributed by atoms with Crippen LogP contribution in [0.25, 0.3) is 0 Å². The first-order valence-corrected chi connectivity index (χ1v) is 6.52. The van der Waals surface area contributed by atoms with Gasteiger partial charge in [0.2, 0.25) is 5.71 Å². The van der Waals surface area contributed by atoms with Crippen molar-refractivity contribution in [3.8, 4) is 6.07 Å². The number of nitriles is 1. The number of hydrogen-bond acceptors (Lipinski definition) is 6. The number of hydrazone groups is 1. The molecule has 9 heteroatoms. The van der Waals surface area contributed by atoms with Gasteiger partial charge in [-0.2, -0.15) is 10.4 Å². The van der Waals surface area contributed by atoms with Gasteiger partial charge in [0.25, 0.3) is 0 Å². The van der Waals surface area contributed by atoms with Crippen molar-refractivity contribution in [2.24, 2.45) is 10.8 Å². The molecule has 0 unspecified atom stereocenters. The summed E-state index contributed by atoms with van der Waals surface area (Å²) in [4.78, 5) is 11.7. The van der Waals surface area contributed by atoms with Crippen LogP contribution in [0.3, 0.4) is 0 Å². The van der Waals surface area contributed by atoms with Crippen molar-refractivity contribution in [1.82, 2.24) is 0 Å². The Morgan fingerprint density at radius 3 is 2.80 bits per heavy atom. The number of hydrogen-bond donors (Lipinski definition) is 3. The highest BCUT2D eigenvalue weighted by molar-refractivity contribution is 14.1. The second-order valence-electron chi connectivity index (χ2n) is 3.40. The van der Waals surface area contributed by atoms with E-state index in [1.807, 2.05) is 22.6 Å². The number of ether oxygens (including phenoxy) is 1. The van der Waals surface area contributed by atoms with Crippen molar-refractivity contribution < 1.29 is 9.53 Å². The molecule has 7 nitrogen and oxygen atoms in total. The van der Waals surface area contributed by atoms with E-state index in [0.717, 1.165) is 0 Å². The standard InChI is InChI=1S/C11H9ClIN5O2/c1-20-11(19)6-2-5(12)3-7(13)9(6)18-17-8(4-14)10(15)16/h2-3,18H,1H3,(H3,15,16)/b17-8+. The number of carbonyl (C=O) groups is 1. The zero-order chi connectivity index (χ0) is 15.3. The summed E-state index contributed by atoms with van der Waals surface area (Å²) < 4.78 is 5.24. The van der Waals surface area contributed by atoms with Crippen molar-refractivity contribution >= 4 is 57.4 Å². The molecule has 0 aliphatic carbocycles. The summed E-state index contributed by atoms with van der Waals surface area (Å²) in [6.45, 7) is 0. The van der Waals surface area contributed by atoms with E-state index >= 15 is 0 Å². The molecule has 0 aliphatic heterocycles. The molecule has 1 aromatic carbocycles. The number of methoxy groups -OCH3 is 1. The van der Waals surface area contributed by atoms with Crippen LogP contribution in [-0.2, 0) is 4.74 Å². The number of esters is 1. The van der Waals surface area contributed by atoms with Gasteiger partial charge < -0.3 is 10.5 Å². The van der Waals surface area contributed by atoms with Crippen LogP contribution in [0.4, 0.5) is 5.69 Å². The maximum Gasteiger partial charge on any atom is 0.340 e. The number of halogens is 2. The van der Waals surface area contributed by atoms with Crippen LogP contribution in [0.1, 0.15) is 10.4 Å². The Morgan fingerprint density at radius 1 is 1.65 bits per heavy atom. The highest BCUT2D eigenvalue weighted by Crippen LogP contribution is 2.28. The molecule has 0 aromatic heterocycles. The van der Waals surface area contributed by atoms with E-state index < -0.39 is 11.8 Å². The zero-order valence-electron chi connectivity index (χ0n) is 10.2. The first kappa shape index (κ1) is 16.2. The van der Waals surface area contributed by atoms with E-state index in [1.54, 1.807) is 12.1 Å². The van der Waals surface area contributed by atoms with E-state index in [-0.39, 0.29) is 11.3 Å². The van der Waals surface area contributed by atoms with Crippen LogP contribution < -0.4 is 11.2 Å². The molecule has 20 heavy (non-hydrogen) atoms. The minimum Gasteiger partial charge on any atom is -0.465 e. The molecule has 104 valence electrons. The van der Waals surface area contributed by atoms with Gasteiger partial charge in [-0.15, -0.1) is 0 Å². The fourth-order valence-electron chi connectivity index (χ4n) is 1.22. The summed E-state index contributed by atoms with van der Waals surface area (Å²) >= 11 is 7.83. The van der Waals surface area contributed by atoms with Gasteiger partial charge in [0.15, 0.2) is 5.84 Å². The van der Waals surface area contributed by atoms with Crippen molar-refractivity contribution in [2.75, 3.05) is 12.5 Å². The third-order valence-corrected chi connectivity index (χ3v) is 3.17. The van der Waals surface area contributed by atoms with Crippen LogP contribution in [0.2, 0.25) is 5.02 Å². The van der Waals surface area contributed by atoms with Crippen LogP contribution in [0.5, 0.6) is 0 Å². The number of benzene rings is 1. The zero-order valence-corrected chi connectivity index (χ0v) is 13.1. The fraction of sp³-hybridized carbons (Fsp3) is 0.0909. The predicted octanol–water partition coefficient (Wildman–Crippen LogP) is 1.96. The second-order valence-corrected chi connectivity index (χ2v) is 5.00. The van der Waals surface area contributed by atoms with Crippen LogP contribution in [-0.4, -0.2) is 24.6 Å². The van der Waals surface area contributed by atoms with Crippen molar-refractivity contribution in [2.45, 2.75) is 0 Å². The van der Waals surface area contributed by atoms with Crippen molar-refractivity contribution in [3.05, 3.63) is 26.3 Å². The van der Waals surface area contributed by atoms with Crippen molar-refractivity contribution in [3.63, 3.8) is 0 Å². The molecule has 0 spiro atoms. The molecule has 0 saturated heterocycles. The average molecular weight is 406 g/mol. The summed E-state index contributed by atoms with van der Waals surface area (Å²) in [5, 5.41) is 19.9. The minimum absolute atomic E-state index is 0.161. The average Bonchev–Trinajstić information content (AvgIpc) is 2.39. The van der Waals surface area contributed by atoms with Crippen LogP contribution in [0.15, 0.2) is 17.2 Å². The van der Waals surface area contributed by atoms with Gasteiger partial charge in [0.05, 0.1) is 18.4 Å². The normalized spacial score (nSPS) is 10.6. The predicted molar refractivity (Wildman–Crippen MR) is 84.1 cm³/mol. The van der Waals surface area contributed by atoms with E-state index in [4.69, 9.17) is 28.0 Å². The topological polar surface area (TPSA) is 124 Å². The summed E-state index contributed by atoms with van der Waals surface area (Å²) in [6.07, 6.45) is 0. The summed E-state index contributed by atoms with van der Waals surface area (Å²) in [5.74, 6) is -1.09. The number of nitrogens with two attached hydrogens (primary N) is 1. The molecule has 1 rings (SSSR count). The molecule has 0 fully saturated rings. The number of anilines is 1. The third kappa shape index (κ3) is 3.82. The molecule has 0 amide bonds. The summed E-state index contributed by atoms with van der Waals surface area (Å²) in [7, 11) is 1.24. The molecule has 0 atom stereocenters. The second kappa shape index (κ2) is 7.06. The fourth-order valence-corrected chi connectivity index (χ4v) is 2.36. The monoisotopic (exact) mass is 405 g/mol. The van der Waals surface area contributed by atoms with E-state index in [0.29, 0.717) is 14.3 Å². The highest BCUT2D eigenvalue weighted by Gasteiger charge is 2.16. The van der Waals surface area contributed by atoms with Gasteiger partial charge in [-0.25, -0.2) is 4.79 Å². The van der Waals surface area contributed by atoms with E-state index in [2.05, 4.69) is 15.3 Å². The summed E-state index contributed by atoms with van der Waals surface area (Å²) in [5.41, 5.74) is 7.88. The quantitative estimate of drug-likeness (QED) is 0.232. The van der Waals surface area contributed by atoms with Gasteiger partial charge >= 0.3 is 5.97 Å². The highest BCUT2D eigenvalue weighted by atomic mass is 127. The number of rotatable bonds is 4. The lowest BCUT2D eigenvalue weighted by Gasteiger charge is -2.10. The minimum atomic E-state index is -0.607. The lowest BCUT2D eigenvalue weighted by Crippen LogP contribution is -2.22. The number of amidine groups is 1. The molecule has 1 aromatic rings. The van der Waals surface area contributed by atoms with Gasteiger partial charge in [0, 0.05) is 8.59 Å². The Morgan fingerprint density at radius 2 is 2.30 bits per heavy atom. The smallest absolute Gasteiger partial charge is 0.340 e. The summed E-state index contributed by atoms with van der Waals surface area (Å²) in [6, 6.07) is 4.67. The Labute approximate surface area is 133 Å². The molecule has 0 heterocycles. The van der Waals surface area contributed by atoms with E-state index in [1.165, 1.54) is 13.2 Å². The molecule has 0 saturated carbocycles. The SMILES string of the molecule is COC(=O)c1cc(Cl)cc(I)c1N/N=C(\C#N)C(=N)N. The largest absolute Gasteiger partial charge is 0.465 e. The first-order valence-electron chi connectivity index (χ1n) is 5.06. The lowest BCUT2D eigenvalue weighted by molar-refractivity contribution is 0.0601. The molecule has 0 bridgehead atoms. The first-order chi connectivity index (χ1) is 9.40. The van der Waals surface area contributed by atoms with Crippen molar-refractivity contribution in [1.29, 1.82) is 10.7 Å². The van der Waals surface area contributed by atoms with Gasteiger partial charge in [-0.05, 0) is 34.7 Å². The maximum atomic E-state index is 11.7. The molecule has 0 radical (unpaired) electrons. The van der Waals surface area contributed by atoms with Gasteiger partial charge in [0.1, 0.15) is 6.07 Å². The van der Waals surface area contributed by atoms with Crippen LogP contribution in [0, 0.1) is 20.3 Å². The molecule has 0 aliphatic rings. The molecule has 4 N–H and O–H groups in total. The number of carbonyl (C=O) groups excluding carboxylic acids is 1. The molecular weight excluding hydrogens is 397 g/mol. The molecular formula is C11H9ClIN5O2. The number of nitrogens with one attached hydrogen (secondary N) is 2.